The van der Waals surface area contributed by atoms with Crippen LogP contribution in [0.4, 0.5) is 11.5 Å². The molecule has 7 nitrogen and oxygen atoms in total. The number of carbonyl (C=O) groups is 1. The van der Waals surface area contributed by atoms with E-state index >= 15 is 0 Å². The Morgan fingerprint density at radius 3 is 2.62 bits per heavy atom. The highest BCUT2D eigenvalue weighted by Crippen LogP contribution is 2.20. The maximum absolute atomic E-state index is 12.9. The van der Waals surface area contributed by atoms with Crippen LogP contribution < -0.4 is 4.90 Å². The largest absolute Gasteiger partial charge is 0.381 e. The molecule has 1 heterocycles. The number of rotatable bonds is 6. The third kappa shape index (κ3) is 4.13. The van der Waals surface area contributed by atoms with Gasteiger partial charge in [0, 0.05) is 5.69 Å². The second-order valence-corrected chi connectivity index (χ2v) is 5.97. The molecular formula is C19H18N4O3. The van der Waals surface area contributed by atoms with Crippen molar-refractivity contribution in [2.24, 2.45) is 0 Å². The standard InChI is InChI=1S/C19H18N4O3/c1-15-6-5-9-17(10-15)22(11-16-7-3-2-4-8-16)19(24)13-21-12-18(20-14-21)23(25)26/h2-10,12,14H,11,13H2,1H3. The fourth-order valence-corrected chi connectivity index (χ4v) is 2.66. The Morgan fingerprint density at radius 1 is 1.19 bits per heavy atom. The predicted molar refractivity (Wildman–Crippen MR) is 97.7 cm³/mol. The van der Waals surface area contributed by atoms with E-state index in [1.54, 1.807) is 4.90 Å². The molecule has 3 rings (SSSR count). The van der Waals surface area contributed by atoms with Gasteiger partial charge in [-0.25, -0.2) is 0 Å². The van der Waals surface area contributed by atoms with E-state index in [9.17, 15) is 14.9 Å². The molecule has 1 aromatic heterocycles. The zero-order valence-corrected chi connectivity index (χ0v) is 14.3. The minimum absolute atomic E-state index is 0.0262. The van der Waals surface area contributed by atoms with Crippen LogP contribution in [-0.2, 0) is 17.9 Å². The van der Waals surface area contributed by atoms with Gasteiger partial charge < -0.3 is 19.6 Å². The molecular weight excluding hydrogens is 332 g/mol. The first-order valence-corrected chi connectivity index (χ1v) is 8.10. The first kappa shape index (κ1) is 17.3. The lowest BCUT2D eigenvalue weighted by atomic mass is 10.1. The van der Waals surface area contributed by atoms with Gasteiger partial charge in [0.15, 0.2) is 0 Å². The smallest absolute Gasteiger partial charge is 0.358 e. The Bertz CT molecular complexity index is 921. The van der Waals surface area contributed by atoms with Gasteiger partial charge in [0.05, 0.1) is 6.54 Å². The zero-order chi connectivity index (χ0) is 18.5. The summed E-state index contributed by atoms with van der Waals surface area (Å²) in [5.41, 5.74) is 2.83. The quantitative estimate of drug-likeness (QED) is 0.504. The monoisotopic (exact) mass is 350 g/mol. The first-order chi connectivity index (χ1) is 12.5. The van der Waals surface area contributed by atoms with Gasteiger partial charge in [-0.2, -0.15) is 0 Å². The molecule has 1 amide bonds. The van der Waals surface area contributed by atoms with E-state index in [4.69, 9.17) is 0 Å². The lowest BCUT2D eigenvalue weighted by Gasteiger charge is -2.23. The maximum atomic E-state index is 12.9. The average Bonchev–Trinajstić information content (AvgIpc) is 3.09. The SMILES string of the molecule is Cc1cccc(N(Cc2ccccc2)C(=O)Cn2cnc([N+](=O)[O-])c2)c1. The lowest BCUT2D eigenvalue weighted by molar-refractivity contribution is -0.389. The van der Waals surface area contributed by atoms with Crippen LogP contribution in [0.5, 0.6) is 0 Å². The number of nitro groups is 1. The summed E-state index contributed by atoms with van der Waals surface area (Å²) < 4.78 is 1.42. The van der Waals surface area contributed by atoms with Crippen molar-refractivity contribution < 1.29 is 9.72 Å². The average molecular weight is 350 g/mol. The highest BCUT2D eigenvalue weighted by Gasteiger charge is 2.19. The summed E-state index contributed by atoms with van der Waals surface area (Å²) in [4.78, 5) is 28.5. The molecule has 132 valence electrons. The number of anilines is 1. The summed E-state index contributed by atoms with van der Waals surface area (Å²) in [6.45, 7) is 2.36. The molecule has 0 fully saturated rings. The van der Waals surface area contributed by atoms with Crippen LogP contribution in [0.2, 0.25) is 0 Å². The fraction of sp³-hybridized carbons (Fsp3) is 0.158. The second-order valence-electron chi connectivity index (χ2n) is 5.97. The van der Waals surface area contributed by atoms with Crippen molar-refractivity contribution in [3.05, 3.63) is 88.4 Å². The van der Waals surface area contributed by atoms with E-state index < -0.39 is 4.92 Å². The second kappa shape index (κ2) is 7.60. The van der Waals surface area contributed by atoms with Crippen molar-refractivity contribution in [3.63, 3.8) is 0 Å². The molecule has 26 heavy (non-hydrogen) atoms. The Hall–Kier alpha value is -3.48. The summed E-state index contributed by atoms with van der Waals surface area (Å²) in [6.07, 6.45) is 2.56. The Morgan fingerprint density at radius 2 is 1.96 bits per heavy atom. The van der Waals surface area contributed by atoms with Crippen LogP contribution in [0, 0.1) is 17.0 Å². The number of nitrogens with zero attached hydrogens (tertiary/aromatic N) is 4. The van der Waals surface area contributed by atoms with Crippen molar-refractivity contribution in [1.29, 1.82) is 0 Å². The fourth-order valence-electron chi connectivity index (χ4n) is 2.66. The van der Waals surface area contributed by atoms with E-state index in [1.807, 2.05) is 61.5 Å². The number of aromatic nitrogens is 2. The van der Waals surface area contributed by atoms with Crippen molar-refractivity contribution in [2.75, 3.05) is 4.90 Å². The highest BCUT2D eigenvalue weighted by atomic mass is 16.6. The van der Waals surface area contributed by atoms with Gasteiger partial charge in [0.2, 0.25) is 12.2 Å². The Kier molecular flexibility index (Phi) is 5.07. The number of carbonyl (C=O) groups excluding carboxylic acids is 1. The minimum atomic E-state index is -0.580. The van der Waals surface area contributed by atoms with Crippen LogP contribution in [-0.4, -0.2) is 20.4 Å². The van der Waals surface area contributed by atoms with Gasteiger partial charge >= 0.3 is 5.82 Å². The number of imidazole rings is 1. The molecule has 0 aliphatic carbocycles. The van der Waals surface area contributed by atoms with Crippen LogP contribution in [0.25, 0.3) is 0 Å². The molecule has 0 N–H and O–H groups in total. The van der Waals surface area contributed by atoms with Gasteiger partial charge in [-0.1, -0.05) is 42.5 Å². The van der Waals surface area contributed by atoms with Gasteiger partial charge in [-0.05, 0) is 40.1 Å². The van der Waals surface area contributed by atoms with Crippen LogP contribution in [0.3, 0.4) is 0 Å². The number of hydrogen-bond donors (Lipinski definition) is 0. The van der Waals surface area contributed by atoms with E-state index in [1.165, 1.54) is 17.1 Å². The molecule has 0 aliphatic heterocycles. The Labute approximate surface area is 150 Å². The number of aryl methyl sites for hydroxylation is 1. The van der Waals surface area contributed by atoms with Crippen LogP contribution in [0.1, 0.15) is 11.1 Å². The normalized spacial score (nSPS) is 10.5. The first-order valence-electron chi connectivity index (χ1n) is 8.10. The lowest BCUT2D eigenvalue weighted by Crippen LogP contribution is -2.33. The molecule has 0 saturated carbocycles. The van der Waals surface area contributed by atoms with Crippen molar-refractivity contribution >= 4 is 17.4 Å². The molecule has 0 bridgehead atoms. The number of amides is 1. The summed E-state index contributed by atoms with van der Waals surface area (Å²) in [5.74, 6) is -0.449. The highest BCUT2D eigenvalue weighted by molar-refractivity contribution is 5.93. The topological polar surface area (TPSA) is 81.3 Å². The third-order valence-corrected chi connectivity index (χ3v) is 3.92. The van der Waals surface area contributed by atoms with Crippen LogP contribution in [0.15, 0.2) is 67.1 Å². The number of benzene rings is 2. The van der Waals surface area contributed by atoms with Gasteiger partial charge in [-0.3, -0.25) is 4.79 Å². The number of hydrogen-bond acceptors (Lipinski definition) is 4. The van der Waals surface area contributed by atoms with Gasteiger partial charge in [0.25, 0.3) is 0 Å². The van der Waals surface area contributed by atoms with E-state index in [0.717, 1.165) is 16.8 Å². The molecule has 0 spiro atoms. The minimum Gasteiger partial charge on any atom is -0.358 e. The molecule has 7 heteroatoms. The molecule has 0 radical (unpaired) electrons. The third-order valence-electron chi connectivity index (χ3n) is 3.92. The molecule has 3 aromatic rings. The predicted octanol–water partition coefficient (Wildman–Crippen LogP) is 3.33. The van der Waals surface area contributed by atoms with Crippen LogP contribution >= 0.6 is 0 Å². The molecule has 0 unspecified atom stereocenters. The Balaban J connectivity index is 1.86. The summed E-state index contributed by atoms with van der Waals surface area (Å²) in [5, 5.41) is 10.8. The molecule has 0 atom stereocenters. The summed E-state index contributed by atoms with van der Waals surface area (Å²) >= 11 is 0. The van der Waals surface area contributed by atoms with Gasteiger partial charge in [-0.15, -0.1) is 0 Å². The zero-order valence-electron chi connectivity index (χ0n) is 14.3. The molecule has 2 aromatic carbocycles. The molecule has 0 saturated heterocycles. The summed E-state index contributed by atoms with van der Waals surface area (Å²) in [7, 11) is 0. The van der Waals surface area contributed by atoms with Crippen molar-refractivity contribution in [1.82, 2.24) is 9.55 Å². The maximum Gasteiger partial charge on any atom is 0.381 e. The van der Waals surface area contributed by atoms with Crippen molar-refractivity contribution in [3.8, 4) is 0 Å². The summed E-state index contributed by atoms with van der Waals surface area (Å²) in [6, 6.07) is 17.4. The van der Waals surface area contributed by atoms with E-state index in [2.05, 4.69) is 4.98 Å². The van der Waals surface area contributed by atoms with Gasteiger partial charge in [0.1, 0.15) is 12.7 Å². The van der Waals surface area contributed by atoms with Crippen molar-refractivity contribution in [2.45, 2.75) is 20.0 Å². The van der Waals surface area contributed by atoms with E-state index in [0.29, 0.717) is 6.54 Å². The van der Waals surface area contributed by atoms with E-state index in [-0.39, 0.29) is 18.3 Å². The molecule has 0 aliphatic rings.